The standard InChI is InChI=1S/C10H19NO2S/c1-5-6-9(13)11(8(2)12)10(3,4)7-14/h14H,5-7H2,1-4H3. The molecule has 0 heterocycles. The Bertz CT molecular complexity index is 226. The number of nitrogens with zero attached hydrogens (tertiary/aromatic N) is 1. The monoisotopic (exact) mass is 217 g/mol. The molecule has 0 atom stereocenters. The number of carbonyl (C=O) groups excluding carboxylic acids is 2. The zero-order valence-corrected chi connectivity index (χ0v) is 10.2. The van der Waals surface area contributed by atoms with Crippen LogP contribution in [-0.4, -0.2) is 28.0 Å². The summed E-state index contributed by atoms with van der Waals surface area (Å²) in [6.45, 7) is 7.02. The second-order valence-electron chi connectivity index (χ2n) is 3.97. The fourth-order valence-electron chi connectivity index (χ4n) is 1.34. The lowest BCUT2D eigenvalue weighted by atomic mass is 10.0. The summed E-state index contributed by atoms with van der Waals surface area (Å²) >= 11 is 4.15. The summed E-state index contributed by atoms with van der Waals surface area (Å²) in [7, 11) is 0. The molecule has 0 N–H and O–H groups in total. The maximum atomic E-state index is 11.7. The molecule has 14 heavy (non-hydrogen) atoms. The van der Waals surface area contributed by atoms with Gasteiger partial charge in [0.25, 0.3) is 0 Å². The van der Waals surface area contributed by atoms with Crippen LogP contribution in [0.2, 0.25) is 0 Å². The third-order valence-electron chi connectivity index (χ3n) is 2.02. The van der Waals surface area contributed by atoms with Crippen LogP contribution in [0.1, 0.15) is 40.5 Å². The number of thiol groups is 1. The van der Waals surface area contributed by atoms with Crippen molar-refractivity contribution >= 4 is 24.4 Å². The van der Waals surface area contributed by atoms with Crippen LogP contribution in [-0.2, 0) is 9.59 Å². The van der Waals surface area contributed by atoms with E-state index in [1.807, 2.05) is 20.8 Å². The highest BCUT2D eigenvalue weighted by Crippen LogP contribution is 2.18. The first kappa shape index (κ1) is 13.5. The Balaban J connectivity index is 4.77. The average molecular weight is 217 g/mol. The molecule has 0 fully saturated rings. The molecular formula is C10H19NO2S. The number of hydrogen-bond acceptors (Lipinski definition) is 3. The lowest BCUT2D eigenvalue weighted by Crippen LogP contribution is -2.51. The van der Waals surface area contributed by atoms with Crippen LogP contribution in [0.15, 0.2) is 0 Å². The van der Waals surface area contributed by atoms with Crippen molar-refractivity contribution < 1.29 is 9.59 Å². The van der Waals surface area contributed by atoms with Gasteiger partial charge < -0.3 is 0 Å². The number of hydrogen-bond donors (Lipinski definition) is 1. The quantitative estimate of drug-likeness (QED) is 0.730. The zero-order valence-electron chi connectivity index (χ0n) is 9.33. The van der Waals surface area contributed by atoms with E-state index in [0.29, 0.717) is 12.2 Å². The predicted octanol–water partition coefficient (Wildman–Crippen LogP) is 1.87. The molecule has 0 aromatic carbocycles. The molecule has 0 aromatic rings. The van der Waals surface area contributed by atoms with Crippen LogP contribution >= 0.6 is 12.6 Å². The lowest BCUT2D eigenvalue weighted by molar-refractivity contribution is -0.148. The Morgan fingerprint density at radius 3 is 2.14 bits per heavy atom. The number of amides is 2. The summed E-state index contributed by atoms with van der Waals surface area (Å²) in [6.07, 6.45) is 1.17. The molecule has 82 valence electrons. The van der Waals surface area contributed by atoms with Crippen molar-refractivity contribution in [1.29, 1.82) is 0 Å². The molecule has 0 rings (SSSR count). The topological polar surface area (TPSA) is 37.4 Å². The normalized spacial score (nSPS) is 11.2. The highest BCUT2D eigenvalue weighted by Gasteiger charge is 2.32. The fraction of sp³-hybridized carbons (Fsp3) is 0.800. The molecule has 0 bridgehead atoms. The SMILES string of the molecule is CCCC(=O)N(C(C)=O)C(C)(C)CS. The largest absolute Gasteiger partial charge is 0.276 e. The van der Waals surface area contributed by atoms with Gasteiger partial charge in [-0.2, -0.15) is 12.6 Å². The molecule has 0 saturated carbocycles. The third kappa shape index (κ3) is 3.33. The Morgan fingerprint density at radius 1 is 1.36 bits per heavy atom. The molecule has 0 radical (unpaired) electrons. The van der Waals surface area contributed by atoms with Crippen LogP contribution in [0.4, 0.5) is 0 Å². The Labute approximate surface area is 91.3 Å². The van der Waals surface area contributed by atoms with Crippen LogP contribution in [0, 0.1) is 0 Å². The third-order valence-corrected chi connectivity index (χ3v) is 2.79. The summed E-state index contributed by atoms with van der Waals surface area (Å²) in [5.41, 5.74) is -0.499. The summed E-state index contributed by atoms with van der Waals surface area (Å²) in [4.78, 5) is 24.3. The van der Waals surface area contributed by atoms with Gasteiger partial charge in [-0.3, -0.25) is 14.5 Å². The minimum absolute atomic E-state index is 0.112. The first-order valence-corrected chi connectivity index (χ1v) is 5.44. The van der Waals surface area contributed by atoms with E-state index in [9.17, 15) is 9.59 Å². The summed E-state index contributed by atoms with van der Waals surface area (Å²) < 4.78 is 0. The fourth-order valence-corrected chi connectivity index (χ4v) is 1.48. The molecule has 0 spiro atoms. The van der Waals surface area contributed by atoms with Crippen molar-refractivity contribution in [3.63, 3.8) is 0 Å². The molecule has 0 aliphatic heterocycles. The van der Waals surface area contributed by atoms with Crippen molar-refractivity contribution in [3.8, 4) is 0 Å². The summed E-state index contributed by atoms with van der Waals surface area (Å²) in [5, 5.41) is 0. The van der Waals surface area contributed by atoms with E-state index in [4.69, 9.17) is 0 Å². The van der Waals surface area contributed by atoms with Crippen LogP contribution in [0.3, 0.4) is 0 Å². The smallest absolute Gasteiger partial charge is 0.229 e. The molecule has 0 unspecified atom stereocenters. The van der Waals surface area contributed by atoms with Gasteiger partial charge in [0.2, 0.25) is 11.8 Å². The number of rotatable bonds is 4. The molecule has 0 aromatic heterocycles. The molecule has 0 aliphatic carbocycles. The minimum atomic E-state index is -0.499. The van der Waals surface area contributed by atoms with E-state index >= 15 is 0 Å². The van der Waals surface area contributed by atoms with Gasteiger partial charge in [0.1, 0.15) is 0 Å². The van der Waals surface area contributed by atoms with Gasteiger partial charge in [-0.05, 0) is 20.3 Å². The minimum Gasteiger partial charge on any atom is -0.276 e. The second-order valence-corrected chi connectivity index (χ2v) is 4.28. The van der Waals surface area contributed by atoms with Crippen molar-refractivity contribution in [3.05, 3.63) is 0 Å². The van der Waals surface area contributed by atoms with E-state index in [0.717, 1.165) is 6.42 Å². The van der Waals surface area contributed by atoms with Gasteiger partial charge in [-0.25, -0.2) is 0 Å². The average Bonchev–Trinajstić information content (AvgIpc) is 2.03. The first-order chi connectivity index (χ1) is 6.36. The van der Waals surface area contributed by atoms with Gasteiger partial charge in [-0.1, -0.05) is 6.92 Å². The summed E-state index contributed by atoms with van der Waals surface area (Å²) in [5.74, 6) is 0.156. The van der Waals surface area contributed by atoms with Crippen molar-refractivity contribution in [2.45, 2.75) is 46.1 Å². The van der Waals surface area contributed by atoms with E-state index in [-0.39, 0.29) is 11.8 Å². The highest BCUT2D eigenvalue weighted by molar-refractivity contribution is 7.80. The number of carbonyl (C=O) groups is 2. The zero-order chi connectivity index (χ0) is 11.4. The van der Waals surface area contributed by atoms with Gasteiger partial charge in [0.15, 0.2) is 0 Å². The molecule has 3 nitrogen and oxygen atoms in total. The van der Waals surface area contributed by atoms with Gasteiger partial charge in [0.05, 0.1) is 5.54 Å². The van der Waals surface area contributed by atoms with Crippen molar-refractivity contribution in [1.82, 2.24) is 4.90 Å². The highest BCUT2D eigenvalue weighted by atomic mass is 32.1. The molecule has 0 saturated heterocycles. The van der Waals surface area contributed by atoms with E-state index in [1.54, 1.807) is 0 Å². The van der Waals surface area contributed by atoms with Crippen LogP contribution < -0.4 is 0 Å². The maximum absolute atomic E-state index is 11.7. The van der Waals surface area contributed by atoms with E-state index in [1.165, 1.54) is 11.8 Å². The van der Waals surface area contributed by atoms with Crippen LogP contribution in [0.5, 0.6) is 0 Å². The number of imide groups is 1. The predicted molar refractivity (Wildman–Crippen MR) is 60.4 cm³/mol. The van der Waals surface area contributed by atoms with Gasteiger partial charge >= 0.3 is 0 Å². The van der Waals surface area contributed by atoms with Gasteiger partial charge in [-0.15, -0.1) is 0 Å². The van der Waals surface area contributed by atoms with Gasteiger partial charge in [0, 0.05) is 19.1 Å². The van der Waals surface area contributed by atoms with E-state index in [2.05, 4.69) is 12.6 Å². The van der Waals surface area contributed by atoms with Crippen molar-refractivity contribution in [2.75, 3.05) is 5.75 Å². The molecule has 4 heteroatoms. The lowest BCUT2D eigenvalue weighted by Gasteiger charge is -2.35. The molecule has 0 aliphatic rings. The Hall–Kier alpha value is -0.510. The van der Waals surface area contributed by atoms with Crippen LogP contribution in [0.25, 0.3) is 0 Å². The summed E-state index contributed by atoms with van der Waals surface area (Å²) in [6, 6.07) is 0. The molecule has 2 amide bonds. The molecular weight excluding hydrogens is 198 g/mol. The Kier molecular flexibility index (Phi) is 5.19. The van der Waals surface area contributed by atoms with E-state index < -0.39 is 5.54 Å². The first-order valence-electron chi connectivity index (χ1n) is 4.81. The maximum Gasteiger partial charge on any atom is 0.229 e. The Morgan fingerprint density at radius 2 is 1.86 bits per heavy atom. The second kappa shape index (κ2) is 5.39. The van der Waals surface area contributed by atoms with Crippen molar-refractivity contribution in [2.24, 2.45) is 0 Å².